The van der Waals surface area contributed by atoms with E-state index in [1.165, 1.54) is 0 Å². The second-order valence-corrected chi connectivity index (χ2v) is 5.38. The summed E-state index contributed by atoms with van der Waals surface area (Å²) in [4.78, 5) is 36.1. The summed E-state index contributed by atoms with van der Waals surface area (Å²) in [5.41, 5.74) is 0. The van der Waals surface area contributed by atoms with Crippen LogP contribution < -0.4 is 10.6 Å². The summed E-state index contributed by atoms with van der Waals surface area (Å²) in [6.07, 6.45) is 1.21. The fraction of sp³-hybridized carbons (Fsp3) is 0.769. The smallest absolute Gasteiger partial charge is 0.326 e. The van der Waals surface area contributed by atoms with Gasteiger partial charge in [-0.05, 0) is 18.8 Å². The Labute approximate surface area is 118 Å². The molecule has 1 aliphatic heterocycles. The molecule has 1 rings (SSSR count). The third-order valence-corrected chi connectivity index (χ3v) is 3.61. The van der Waals surface area contributed by atoms with Crippen molar-refractivity contribution in [3.8, 4) is 0 Å². The normalized spacial score (nSPS) is 17.7. The Morgan fingerprint density at radius 3 is 2.15 bits per heavy atom. The quantitative estimate of drug-likeness (QED) is 0.690. The number of carbonyl (C=O) groups is 3. The van der Waals surface area contributed by atoms with E-state index in [-0.39, 0.29) is 23.8 Å². The van der Waals surface area contributed by atoms with Crippen LogP contribution in [0.25, 0.3) is 0 Å². The number of hydrogen-bond donors (Lipinski definition) is 3. The number of piperidine rings is 1. The van der Waals surface area contributed by atoms with Crippen molar-refractivity contribution in [3.63, 3.8) is 0 Å². The summed E-state index contributed by atoms with van der Waals surface area (Å²) in [6.45, 7) is 4.43. The Hall–Kier alpha value is -1.79. The lowest BCUT2D eigenvalue weighted by Gasteiger charge is -2.32. The van der Waals surface area contributed by atoms with E-state index in [1.807, 2.05) is 0 Å². The highest BCUT2D eigenvalue weighted by Crippen LogP contribution is 2.17. The van der Waals surface area contributed by atoms with Gasteiger partial charge >= 0.3 is 12.0 Å². The number of rotatable bonds is 4. The molecular formula is C13H23N3O4. The van der Waals surface area contributed by atoms with Crippen LogP contribution in [0.1, 0.15) is 26.7 Å². The van der Waals surface area contributed by atoms with Crippen molar-refractivity contribution in [1.29, 1.82) is 0 Å². The molecule has 3 N–H and O–H groups in total. The van der Waals surface area contributed by atoms with Crippen LogP contribution in [0, 0.1) is 11.8 Å². The van der Waals surface area contributed by atoms with Gasteiger partial charge in [0.25, 0.3) is 0 Å². The highest BCUT2D eigenvalue weighted by Gasteiger charge is 2.30. The standard InChI is InChI=1S/C13H23N3O4/c1-8(2)10(12(18)19)15-13(20)16-6-4-9(5-7-16)11(17)14-3/h8-10H,4-7H2,1-3H3,(H,14,17)(H,15,20)(H,18,19)/t10-/m0/s1. The highest BCUT2D eigenvalue weighted by molar-refractivity contribution is 5.83. The maximum atomic E-state index is 12.0. The number of likely N-dealkylation sites (tertiary alicyclic amines) is 1. The molecule has 0 aromatic carbocycles. The molecule has 0 radical (unpaired) electrons. The zero-order valence-corrected chi connectivity index (χ0v) is 12.2. The SMILES string of the molecule is CNC(=O)C1CCN(C(=O)N[C@H](C(=O)O)C(C)C)CC1. The number of carboxylic acids is 1. The molecule has 1 fully saturated rings. The van der Waals surface area contributed by atoms with Gasteiger partial charge in [0.1, 0.15) is 6.04 Å². The Kier molecular flexibility index (Phi) is 5.79. The lowest BCUT2D eigenvalue weighted by atomic mass is 9.96. The van der Waals surface area contributed by atoms with Crippen molar-refractivity contribution < 1.29 is 19.5 Å². The summed E-state index contributed by atoms with van der Waals surface area (Å²) in [5, 5.41) is 14.2. The topological polar surface area (TPSA) is 98.7 Å². The van der Waals surface area contributed by atoms with Crippen LogP contribution in [0.4, 0.5) is 4.79 Å². The molecule has 1 atom stereocenters. The van der Waals surface area contributed by atoms with Crippen molar-refractivity contribution >= 4 is 17.9 Å². The summed E-state index contributed by atoms with van der Waals surface area (Å²) < 4.78 is 0. The number of hydrogen-bond acceptors (Lipinski definition) is 3. The first-order valence-corrected chi connectivity index (χ1v) is 6.86. The minimum Gasteiger partial charge on any atom is -0.480 e. The Morgan fingerprint density at radius 2 is 1.75 bits per heavy atom. The zero-order chi connectivity index (χ0) is 15.3. The van der Waals surface area contributed by atoms with Gasteiger partial charge in [-0.1, -0.05) is 13.8 Å². The first-order chi connectivity index (χ1) is 9.36. The average Bonchev–Trinajstić information content (AvgIpc) is 2.43. The van der Waals surface area contributed by atoms with Crippen molar-refractivity contribution in [2.45, 2.75) is 32.7 Å². The molecule has 0 aromatic heterocycles. The maximum absolute atomic E-state index is 12.0. The summed E-state index contributed by atoms with van der Waals surface area (Å²) in [6, 6.07) is -1.26. The molecule has 7 nitrogen and oxygen atoms in total. The lowest BCUT2D eigenvalue weighted by Crippen LogP contribution is -2.52. The summed E-state index contributed by atoms with van der Waals surface area (Å²) in [5.74, 6) is -1.28. The van der Waals surface area contributed by atoms with Gasteiger partial charge < -0.3 is 20.6 Å². The van der Waals surface area contributed by atoms with Crippen molar-refractivity contribution in [2.24, 2.45) is 11.8 Å². The number of aliphatic carboxylic acids is 1. The van der Waals surface area contributed by atoms with E-state index in [9.17, 15) is 14.4 Å². The first kappa shape index (κ1) is 16.3. The molecule has 0 aromatic rings. The lowest BCUT2D eigenvalue weighted by molar-refractivity contribution is -0.140. The number of nitrogens with zero attached hydrogens (tertiary/aromatic N) is 1. The third-order valence-electron chi connectivity index (χ3n) is 3.61. The number of amides is 3. The minimum absolute atomic E-state index is 0.00403. The van der Waals surface area contributed by atoms with E-state index in [2.05, 4.69) is 10.6 Å². The van der Waals surface area contributed by atoms with Gasteiger partial charge in [-0.15, -0.1) is 0 Å². The van der Waals surface area contributed by atoms with Crippen molar-refractivity contribution in [1.82, 2.24) is 15.5 Å². The third kappa shape index (κ3) is 4.11. The Balaban J connectivity index is 2.50. The van der Waals surface area contributed by atoms with Crippen molar-refractivity contribution in [2.75, 3.05) is 20.1 Å². The molecule has 0 bridgehead atoms. The molecule has 1 heterocycles. The van der Waals surface area contributed by atoms with Crippen LogP contribution >= 0.6 is 0 Å². The monoisotopic (exact) mass is 285 g/mol. The van der Waals surface area contributed by atoms with Crippen LogP contribution in [-0.4, -0.2) is 54.1 Å². The van der Waals surface area contributed by atoms with Gasteiger partial charge in [0.05, 0.1) is 0 Å². The van der Waals surface area contributed by atoms with Gasteiger partial charge in [-0.25, -0.2) is 9.59 Å². The number of nitrogens with one attached hydrogen (secondary N) is 2. The Morgan fingerprint density at radius 1 is 1.20 bits per heavy atom. The molecule has 0 unspecified atom stereocenters. The van der Waals surface area contributed by atoms with Crippen LogP contribution in [0.2, 0.25) is 0 Å². The molecular weight excluding hydrogens is 262 g/mol. The highest BCUT2D eigenvalue weighted by atomic mass is 16.4. The zero-order valence-electron chi connectivity index (χ0n) is 12.2. The van der Waals surface area contributed by atoms with E-state index < -0.39 is 12.0 Å². The van der Waals surface area contributed by atoms with Crippen LogP contribution in [0.5, 0.6) is 0 Å². The summed E-state index contributed by atoms with van der Waals surface area (Å²) >= 11 is 0. The second kappa shape index (κ2) is 7.12. The van der Waals surface area contributed by atoms with Crippen molar-refractivity contribution in [3.05, 3.63) is 0 Å². The first-order valence-electron chi connectivity index (χ1n) is 6.86. The van der Waals surface area contributed by atoms with E-state index in [1.54, 1.807) is 25.8 Å². The largest absolute Gasteiger partial charge is 0.480 e. The van der Waals surface area contributed by atoms with Crippen LogP contribution in [0.15, 0.2) is 0 Å². The fourth-order valence-corrected chi connectivity index (χ4v) is 2.29. The molecule has 0 spiro atoms. The minimum atomic E-state index is -1.03. The molecule has 1 aliphatic rings. The van der Waals surface area contributed by atoms with Gasteiger partial charge in [0.15, 0.2) is 0 Å². The molecule has 3 amide bonds. The molecule has 1 saturated heterocycles. The second-order valence-electron chi connectivity index (χ2n) is 5.38. The molecule has 0 saturated carbocycles. The van der Waals surface area contributed by atoms with Gasteiger partial charge in [-0.2, -0.15) is 0 Å². The molecule has 7 heteroatoms. The molecule has 114 valence electrons. The van der Waals surface area contributed by atoms with Gasteiger partial charge in [-0.3, -0.25) is 4.79 Å². The fourth-order valence-electron chi connectivity index (χ4n) is 2.29. The predicted octanol–water partition coefficient (Wildman–Crippen LogP) is 0.263. The Bertz CT molecular complexity index is 376. The van der Waals surface area contributed by atoms with E-state index in [0.29, 0.717) is 25.9 Å². The maximum Gasteiger partial charge on any atom is 0.326 e. The number of carboxylic acid groups (broad SMARTS) is 1. The van der Waals surface area contributed by atoms with E-state index >= 15 is 0 Å². The number of urea groups is 1. The summed E-state index contributed by atoms with van der Waals surface area (Å²) in [7, 11) is 1.60. The molecule has 20 heavy (non-hydrogen) atoms. The van der Waals surface area contributed by atoms with Gasteiger partial charge in [0.2, 0.25) is 5.91 Å². The van der Waals surface area contributed by atoms with Crippen LogP contribution in [-0.2, 0) is 9.59 Å². The number of carbonyl (C=O) groups excluding carboxylic acids is 2. The van der Waals surface area contributed by atoms with E-state index in [4.69, 9.17) is 5.11 Å². The van der Waals surface area contributed by atoms with Gasteiger partial charge in [0, 0.05) is 26.1 Å². The molecule has 0 aliphatic carbocycles. The average molecular weight is 285 g/mol. The predicted molar refractivity (Wildman–Crippen MR) is 73.2 cm³/mol. The van der Waals surface area contributed by atoms with E-state index in [0.717, 1.165) is 0 Å². The van der Waals surface area contributed by atoms with Crippen LogP contribution in [0.3, 0.4) is 0 Å².